The SMILES string of the molecule is CCNC(=NCc1ccc(N2CCOC(C)C2)nc1)NCc1ccc(CC)s1.I. The first kappa shape index (κ1) is 23.9. The van der Waals surface area contributed by atoms with Crippen LogP contribution in [-0.4, -0.2) is 43.3 Å². The van der Waals surface area contributed by atoms with E-state index >= 15 is 0 Å². The Kier molecular flexibility index (Phi) is 10.2. The summed E-state index contributed by atoms with van der Waals surface area (Å²) in [6.07, 6.45) is 3.27. The van der Waals surface area contributed by atoms with Gasteiger partial charge in [0.15, 0.2) is 5.96 Å². The minimum absolute atomic E-state index is 0. The van der Waals surface area contributed by atoms with Gasteiger partial charge in [-0.15, -0.1) is 35.3 Å². The lowest BCUT2D eigenvalue weighted by Gasteiger charge is -2.32. The number of anilines is 1. The molecule has 1 aliphatic rings. The van der Waals surface area contributed by atoms with E-state index in [1.54, 1.807) is 0 Å². The van der Waals surface area contributed by atoms with Gasteiger partial charge in [0.25, 0.3) is 0 Å². The number of nitrogens with zero attached hydrogens (tertiary/aromatic N) is 3. The number of rotatable bonds is 7. The fraction of sp³-hybridized carbons (Fsp3) is 0.524. The Hall–Kier alpha value is -1.39. The average molecular weight is 529 g/mol. The number of morpholine rings is 1. The van der Waals surface area contributed by atoms with Crippen LogP contribution in [0.15, 0.2) is 35.5 Å². The van der Waals surface area contributed by atoms with Crippen molar-refractivity contribution < 1.29 is 4.74 Å². The molecule has 0 saturated carbocycles. The molecule has 6 nitrogen and oxygen atoms in total. The molecule has 2 N–H and O–H groups in total. The van der Waals surface area contributed by atoms with Crippen LogP contribution >= 0.6 is 35.3 Å². The molecule has 160 valence electrons. The average Bonchev–Trinajstić information content (AvgIpc) is 3.19. The zero-order valence-corrected chi connectivity index (χ0v) is 20.6. The molecule has 0 amide bonds. The number of aliphatic imine (C=N–C) groups is 1. The second kappa shape index (κ2) is 12.3. The first-order valence-corrected chi connectivity index (χ1v) is 10.9. The van der Waals surface area contributed by atoms with E-state index in [1.807, 2.05) is 17.5 Å². The third-order valence-corrected chi connectivity index (χ3v) is 5.86. The zero-order valence-electron chi connectivity index (χ0n) is 17.5. The quantitative estimate of drug-likeness (QED) is 0.325. The van der Waals surface area contributed by atoms with Crippen molar-refractivity contribution in [1.29, 1.82) is 0 Å². The zero-order chi connectivity index (χ0) is 19.8. The molecule has 29 heavy (non-hydrogen) atoms. The lowest BCUT2D eigenvalue weighted by atomic mass is 10.2. The number of thiophene rings is 1. The normalized spacial score (nSPS) is 17.0. The number of hydrogen-bond donors (Lipinski definition) is 2. The van der Waals surface area contributed by atoms with Crippen molar-refractivity contribution in [2.45, 2.75) is 46.4 Å². The van der Waals surface area contributed by atoms with Crippen LogP contribution in [0.5, 0.6) is 0 Å². The maximum absolute atomic E-state index is 5.60. The van der Waals surface area contributed by atoms with Crippen molar-refractivity contribution in [1.82, 2.24) is 15.6 Å². The summed E-state index contributed by atoms with van der Waals surface area (Å²) in [6.45, 7) is 11.1. The number of pyridine rings is 1. The van der Waals surface area contributed by atoms with Gasteiger partial charge >= 0.3 is 0 Å². The van der Waals surface area contributed by atoms with Crippen LogP contribution in [0.3, 0.4) is 0 Å². The summed E-state index contributed by atoms with van der Waals surface area (Å²) in [5.74, 6) is 1.84. The number of ether oxygens (including phenoxy) is 1. The van der Waals surface area contributed by atoms with Crippen molar-refractivity contribution in [3.8, 4) is 0 Å². The Balaban J connectivity index is 0.00000300. The number of aromatic nitrogens is 1. The highest BCUT2D eigenvalue weighted by atomic mass is 127. The van der Waals surface area contributed by atoms with E-state index in [0.717, 1.165) is 56.5 Å². The number of nitrogens with one attached hydrogen (secondary N) is 2. The smallest absolute Gasteiger partial charge is 0.191 e. The van der Waals surface area contributed by atoms with Gasteiger partial charge in [-0.05, 0) is 44.0 Å². The number of aryl methyl sites for hydroxylation is 1. The predicted octanol–water partition coefficient (Wildman–Crippen LogP) is 3.80. The third-order valence-electron chi connectivity index (χ3n) is 4.63. The predicted molar refractivity (Wildman–Crippen MR) is 133 cm³/mol. The monoisotopic (exact) mass is 529 g/mol. The molecule has 1 unspecified atom stereocenters. The van der Waals surface area contributed by atoms with Crippen molar-refractivity contribution in [2.75, 3.05) is 31.1 Å². The Morgan fingerprint density at radius 1 is 1.24 bits per heavy atom. The highest BCUT2D eigenvalue weighted by Gasteiger charge is 2.17. The number of guanidine groups is 1. The van der Waals surface area contributed by atoms with Crippen molar-refractivity contribution >= 4 is 47.1 Å². The minimum atomic E-state index is 0. The first-order valence-electron chi connectivity index (χ1n) is 10.1. The van der Waals surface area contributed by atoms with Gasteiger partial charge < -0.3 is 20.3 Å². The maximum atomic E-state index is 5.60. The molecule has 0 aromatic carbocycles. The molecule has 3 heterocycles. The topological polar surface area (TPSA) is 61.8 Å². The molecule has 1 fully saturated rings. The molecular formula is C21H32IN5OS. The molecule has 2 aromatic heterocycles. The van der Waals surface area contributed by atoms with Gasteiger partial charge in [0, 0.05) is 35.6 Å². The third kappa shape index (κ3) is 7.42. The van der Waals surface area contributed by atoms with Crippen LogP contribution in [0, 0.1) is 0 Å². The van der Waals surface area contributed by atoms with Crippen molar-refractivity contribution in [3.05, 3.63) is 45.8 Å². The highest BCUT2D eigenvalue weighted by molar-refractivity contribution is 14.0. The Morgan fingerprint density at radius 3 is 2.72 bits per heavy atom. The summed E-state index contributed by atoms with van der Waals surface area (Å²) in [4.78, 5) is 14.4. The molecule has 0 spiro atoms. The van der Waals surface area contributed by atoms with Crippen LogP contribution < -0.4 is 15.5 Å². The summed E-state index contributed by atoms with van der Waals surface area (Å²) >= 11 is 1.85. The van der Waals surface area contributed by atoms with E-state index in [4.69, 9.17) is 9.73 Å². The Bertz CT molecular complexity index is 765. The fourth-order valence-electron chi connectivity index (χ4n) is 3.11. The number of halogens is 1. The minimum Gasteiger partial charge on any atom is -0.375 e. The molecule has 8 heteroatoms. The van der Waals surface area contributed by atoms with E-state index in [-0.39, 0.29) is 30.1 Å². The molecule has 1 aliphatic heterocycles. The summed E-state index contributed by atoms with van der Waals surface area (Å²) in [7, 11) is 0. The van der Waals surface area contributed by atoms with Crippen LogP contribution in [0.25, 0.3) is 0 Å². The van der Waals surface area contributed by atoms with E-state index in [0.29, 0.717) is 6.54 Å². The largest absolute Gasteiger partial charge is 0.375 e. The fourth-order valence-corrected chi connectivity index (χ4v) is 4.01. The van der Waals surface area contributed by atoms with Gasteiger partial charge in [-0.25, -0.2) is 9.98 Å². The van der Waals surface area contributed by atoms with Gasteiger partial charge in [0.2, 0.25) is 0 Å². The molecule has 2 aromatic rings. The van der Waals surface area contributed by atoms with Crippen LogP contribution in [0.1, 0.15) is 36.1 Å². The second-order valence-corrected chi connectivity index (χ2v) is 8.18. The van der Waals surface area contributed by atoms with Gasteiger partial charge in [-0.1, -0.05) is 13.0 Å². The van der Waals surface area contributed by atoms with Crippen LogP contribution in [0.4, 0.5) is 5.82 Å². The van der Waals surface area contributed by atoms with Crippen LogP contribution in [-0.2, 0) is 24.2 Å². The molecule has 0 aliphatic carbocycles. The van der Waals surface area contributed by atoms with Crippen LogP contribution in [0.2, 0.25) is 0 Å². The van der Waals surface area contributed by atoms with E-state index in [2.05, 4.69) is 65.6 Å². The Labute approximate surface area is 195 Å². The highest BCUT2D eigenvalue weighted by Crippen LogP contribution is 2.17. The van der Waals surface area contributed by atoms with E-state index in [1.165, 1.54) is 9.75 Å². The van der Waals surface area contributed by atoms with Gasteiger partial charge in [-0.3, -0.25) is 0 Å². The molecular weight excluding hydrogens is 497 g/mol. The standard InChI is InChI=1S/C21H31N5OS.HI/c1-4-18-7-8-19(28-18)14-25-21(22-5-2)24-13-17-6-9-20(23-12-17)26-10-11-27-16(3)15-26;/h6-9,12,16H,4-5,10-11,13-15H2,1-3H3,(H2,22,24,25);1H. The lowest BCUT2D eigenvalue weighted by molar-refractivity contribution is 0.0529. The van der Waals surface area contributed by atoms with Gasteiger partial charge in [0.05, 0.1) is 25.8 Å². The van der Waals surface area contributed by atoms with Gasteiger partial charge in [0.1, 0.15) is 5.82 Å². The summed E-state index contributed by atoms with van der Waals surface area (Å²) < 4.78 is 5.60. The molecule has 1 saturated heterocycles. The molecule has 3 rings (SSSR count). The Morgan fingerprint density at radius 2 is 2.07 bits per heavy atom. The van der Waals surface area contributed by atoms with E-state index < -0.39 is 0 Å². The summed E-state index contributed by atoms with van der Waals surface area (Å²) in [5.41, 5.74) is 1.10. The molecule has 1 atom stereocenters. The molecule has 0 radical (unpaired) electrons. The first-order chi connectivity index (χ1) is 13.7. The number of hydrogen-bond acceptors (Lipinski definition) is 5. The van der Waals surface area contributed by atoms with Crippen molar-refractivity contribution in [2.24, 2.45) is 4.99 Å². The van der Waals surface area contributed by atoms with Gasteiger partial charge in [-0.2, -0.15) is 0 Å². The second-order valence-electron chi connectivity index (χ2n) is 6.92. The van der Waals surface area contributed by atoms with Crippen molar-refractivity contribution in [3.63, 3.8) is 0 Å². The summed E-state index contributed by atoms with van der Waals surface area (Å²) in [5, 5.41) is 6.73. The molecule has 0 bridgehead atoms. The summed E-state index contributed by atoms with van der Waals surface area (Å²) in [6, 6.07) is 8.59. The maximum Gasteiger partial charge on any atom is 0.191 e. The van der Waals surface area contributed by atoms with E-state index in [9.17, 15) is 0 Å². The lowest BCUT2D eigenvalue weighted by Crippen LogP contribution is -2.41.